The molecule has 0 aliphatic carbocycles. The molecule has 0 spiro atoms. The number of fused-ring (bicyclic) bond motifs is 3. The predicted molar refractivity (Wildman–Crippen MR) is 141 cm³/mol. The molecular formula is C25H33Cl2N7O. The molecule has 2 aromatic rings. The number of likely N-dealkylation sites (tertiary alicyclic amines) is 1. The van der Waals surface area contributed by atoms with Gasteiger partial charge in [0.15, 0.2) is 0 Å². The number of halogens is 2. The van der Waals surface area contributed by atoms with Crippen molar-refractivity contribution in [3.63, 3.8) is 0 Å². The van der Waals surface area contributed by atoms with E-state index in [1.807, 2.05) is 6.07 Å². The molecule has 8 nitrogen and oxygen atoms in total. The quantitative estimate of drug-likeness (QED) is 0.584. The molecule has 1 aromatic heterocycles. The Hall–Kier alpha value is -2.00. The Balaban J connectivity index is 1.32. The molecule has 188 valence electrons. The van der Waals surface area contributed by atoms with Crippen LogP contribution in [0.25, 0.3) is 0 Å². The molecule has 3 fully saturated rings. The van der Waals surface area contributed by atoms with E-state index in [1.165, 1.54) is 24.8 Å². The number of rotatable bonds is 5. The third-order valence-electron chi connectivity index (χ3n) is 7.99. The number of benzene rings is 1. The van der Waals surface area contributed by atoms with Crippen molar-refractivity contribution in [3.8, 4) is 6.01 Å². The van der Waals surface area contributed by atoms with Crippen molar-refractivity contribution in [2.24, 2.45) is 0 Å². The summed E-state index contributed by atoms with van der Waals surface area (Å²) >= 11 is 12.9. The van der Waals surface area contributed by atoms with Crippen LogP contribution in [0.4, 0.5) is 17.2 Å². The highest BCUT2D eigenvalue weighted by Crippen LogP contribution is 2.39. The molecule has 2 unspecified atom stereocenters. The van der Waals surface area contributed by atoms with Crippen LogP contribution in [0.15, 0.2) is 12.1 Å². The van der Waals surface area contributed by atoms with E-state index >= 15 is 0 Å². The van der Waals surface area contributed by atoms with Crippen LogP contribution in [0, 0.1) is 0 Å². The van der Waals surface area contributed by atoms with Gasteiger partial charge >= 0.3 is 6.01 Å². The number of ether oxygens (including phenoxy) is 1. The Morgan fingerprint density at radius 2 is 1.89 bits per heavy atom. The van der Waals surface area contributed by atoms with Gasteiger partial charge in [-0.2, -0.15) is 9.97 Å². The fraction of sp³-hybridized carbons (Fsp3) is 0.600. The third-order valence-corrected chi connectivity index (χ3v) is 8.78. The van der Waals surface area contributed by atoms with Crippen molar-refractivity contribution in [1.82, 2.24) is 20.2 Å². The molecule has 6 rings (SSSR count). The summed E-state index contributed by atoms with van der Waals surface area (Å²) in [4.78, 5) is 16.9. The van der Waals surface area contributed by atoms with Crippen LogP contribution in [-0.4, -0.2) is 72.8 Å². The molecule has 3 saturated heterocycles. The number of likely N-dealkylation sites (N-methyl/N-ethyl adjacent to an activating group) is 1. The molecule has 5 heterocycles. The molecule has 3 N–H and O–H groups in total. The minimum Gasteiger partial charge on any atom is -0.462 e. The summed E-state index contributed by atoms with van der Waals surface area (Å²) in [5, 5.41) is 4.72. The number of piperazine rings is 1. The first-order valence-corrected chi connectivity index (χ1v) is 13.4. The Kier molecular flexibility index (Phi) is 6.33. The highest BCUT2D eigenvalue weighted by molar-refractivity contribution is 6.44. The maximum atomic E-state index is 6.58. The van der Waals surface area contributed by atoms with Gasteiger partial charge < -0.3 is 30.5 Å². The van der Waals surface area contributed by atoms with Gasteiger partial charge in [0.25, 0.3) is 0 Å². The van der Waals surface area contributed by atoms with E-state index in [-0.39, 0.29) is 0 Å². The zero-order chi connectivity index (χ0) is 24.1. The summed E-state index contributed by atoms with van der Waals surface area (Å²) in [5.74, 6) is 1.04. The van der Waals surface area contributed by atoms with Crippen LogP contribution in [0.5, 0.6) is 6.01 Å². The van der Waals surface area contributed by atoms with Crippen LogP contribution < -0.4 is 25.6 Å². The number of aromatic nitrogens is 2. The first-order chi connectivity index (χ1) is 16.9. The highest BCUT2D eigenvalue weighted by Gasteiger charge is 2.35. The second kappa shape index (κ2) is 9.47. The van der Waals surface area contributed by atoms with E-state index in [2.05, 4.69) is 27.1 Å². The molecule has 35 heavy (non-hydrogen) atoms. The molecule has 4 aliphatic heterocycles. The van der Waals surface area contributed by atoms with Crippen LogP contribution in [0.3, 0.4) is 0 Å². The van der Waals surface area contributed by atoms with E-state index in [0.717, 1.165) is 56.2 Å². The zero-order valence-corrected chi connectivity index (χ0v) is 21.7. The highest BCUT2D eigenvalue weighted by atomic mass is 35.5. The lowest BCUT2D eigenvalue weighted by Gasteiger charge is -2.37. The number of nitrogens with zero attached hydrogens (tertiary/aromatic N) is 5. The molecule has 0 amide bonds. The van der Waals surface area contributed by atoms with E-state index in [0.29, 0.717) is 53.0 Å². The first-order valence-electron chi connectivity index (χ1n) is 12.7. The van der Waals surface area contributed by atoms with E-state index in [1.54, 1.807) is 6.07 Å². The zero-order valence-electron chi connectivity index (χ0n) is 20.1. The summed E-state index contributed by atoms with van der Waals surface area (Å²) in [6, 6.07) is 5.54. The van der Waals surface area contributed by atoms with Crippen molar-refractivity contribution in [2.45, 2.75) is 56.8 Å². The largest absolute Gasteiger partial charge is 0.462 e. The van der Waals surface area contributed by atoms with Gasteiger partial charge in [0.05, 0.1) is 28.0 Å². The minimum absolute atomic E-state index is 0.415. The van der Waals surface area contributed by atoms with Gasteiger partial charge in [0, 0.05) is 49.0 Å². The van der Waals surface area contributed by atoms with Crippen molar-refractivity contribution < 1.29 is 4.74 Å². The van der Waals surface area contributed by atoms with Crippen molar-refractivity contribution in [2.75, 3.05) is 55.4 Å². The predicted octanol–water partition coefficient (Wildman–Crippen LogP) is 3.34. The molecule has 1 aromatic carbocycles. The van der Waals surface area contributed by atoms with E-state index in [4.69, 9.17) is 43.6 Å². The molecular weight excluding hydrogens is 485 g/mol. The fourth-order valence-corrected chi connectivity index (χ4v) is 6.53. The molecule has 10 heteroatoms. The number of hydrogen-bond donors (Lipinski definition) is 2. The monoisotopic (exact) mass is 517 g/mol. The average Bonchev–Trinajstić information content (AvgIpc) is 3.42. The van der Waals surface area contributed by atoms with E-state index in [9.17, 15) is 0 Å². The topological polar surface area (TPSA) is 82.8 Å². The Morgan fingerprint density at radius 3 is 2.63 bits per heavy atom. The molecule has 0 saturated carbocycles. The SMILES string of the molecule is CN1CCC[C@H]1COc1nc2c(c(N3CC4CCC(C3)N4)n1)CCN(c1cc(N)cc(Cl)c1Cl)C2. The van der Waals surface area contributed by atoms with Gasteiger partial charge in [-0.3, -0.25) is 0 Å². The third kappa shape index (κ3) is 4.61. The molecule has 0 radical (unpaired) electrons. The maximum absolute atomic E-state index is 6.58. The number of nitrogen functional groups attached to an aromatic ring is 1. The number of anilines is 3. The summed E-state index contributed by atoms with van der Waals surface area (Å²) in [6.45, 7) is 5.10. The Labute approximate surface area is 216 Å². The van der Waals surface area contributed by atoms with Gasteiger partial charge in [-0.1, -0.05) is 23.2 Å². The van der Waals surface area contributed by atoms with Crippen LogP contribution in [0.1, 0.15) is 36.9 Å². The minimum atomic E-state index is 0.415. The first kappa shape index (κ1) is 23.4. The summed E-state index contributed by atoms with van der Waals surface area (Å²) < 4.78 is 6.24. The fourth-order valence-electron chi connectivity index (χ4n) is 6.08. The summed E-state index contributed by atoms with van der Waals surface area (Å²) in [6.07, 6.45) is 5.65. The van der Waals surface area contributed by atoms with Gasteiger partial charge in [-0.05, 0) is 57.8 Å². The van der Waals surface area contributed by atoms with Crippen LogP contribution >= 0.6 is 23.2 Å². The lowest BCUT2D eigenvalue weighted by Crippen LogP contribution is -2.52. The lowest BCUT2D eigenvalue weighted by molar-refractivity contribution is 0.187. The summed E-state index contributed by atoms with van der Waals surface area (Å²) in [5.41, 5.74) is 9.75. The molecule has 3 atom stereocenters. The van der Waals surface area contributed by atoms with Crippen molar-refractivity contribution >= 4 is 40.4 Å². The van der Waals surface area contributed by atoms with Gasteiger partial charge in [-0.25, -0.2) is 0 Å². The van der Waals surface area contributed by atoms with Gasteiger partial charge in [0.1, 0.15) is 12.4 Å². The maximum Gasteiger partial charge on any atom is 0.318 e. The summed E-state index contributed by atoms with van der Waals surface area (Å²) in [7, 11) is 2.16. The second-order valence-electron chi connectivity index (χ2n) is 10.4. The van der Waals surface area contributed by atoms with Crippen molar-refractivity contribution in [1.29, 1.82) is 0 Å². The van der Waals surface area contributed by atoms with Crippen molar-refractivity contribution in [3.05, 3.63) is 33.4 Å². The Bertz CT molecular complexity index is 1100. The van der Waals surface area contributed by atoms with Gasteiger partial charge in [-0.15, -0.1) is 0 Å². The van der Waals surface area contributed by atoms with E-state index < -0.39 is 0 Å². The molecule has 4 aliphatic rings. The number of hydrogen-bond acceptors (Lipinski definition) is 8. The van der Waals surface area contributed by atoms with Crippen LogP contribution in [0.2, 0.25) is 10.0 Å². The lowest BCUT2D eigenvalue weighted by atomic mass is 10.0. The van der Waals surface area contributed by atoms with Crippen LogP contribution in [-0.2, 0) is 13.0 Å². The Morgan fingerprint density at radius 1 is 1.09 bits per heavy atom. The number of nitrogens with two attached hydrogens (primary N) is 1. The average molecular weight is 518 g/mol. The normalized spacial score (nSPS) is 26.3. The molecule has 2 bridgehead atoms. The number of nitrogens with one attached hydrogen (secondary N) is 1. The smallest absolute Gasteiger partial charge is 0.318 e. The standard InChI is InChI=1S/C25H33Cl2N7O/c1-32-7-2-3-18(32)14-35-25-30-21-13-33(22-10-15(28)9-20(26)23(22)27)8-6-19(21)24(31-25)34-11-16-4-5-17(12-34)29-16/h9-10,16-18,29H,2-8,11-14,28H2,1H3/t16?,17?,18-/m0/s1. The van der Waals surface area contributed by atoms with Gasteiger partial charge in [0.2, 0.25) is 0 Å². The second-order valence-corrected chi connectivity index (χ2v) is 11.2.